The lowest BCUT2D eigenvalue weighted by atomic mass is 10.1. The first-order valence-electron chi connectivity index (χ1n) is 11.9. The van der Waals surface area contributed by atoms with Crippen LogP contribution in [0.15, 0.2) is 35.2 Å². The highest BCUT2D eigenvalue weighted by Crippen LogP contribution is 2.21. The minimum absolute atomic E-state index is 0.185. The Labute approximate surface area is 204 Å². The van der Waals surface area contributed by atoms with E-state index in [1.54, 1.807) is 6.07 Å². The van der Waals surface area contributed by atoms with E-state index in [1.165, 1.54) is 125 Å². The van der Waals surface area contributed by atoms with Gasteiger partial charge in [-0.1, -0.05) is 76.5 Å². The van der Waals surface area contributed by atoms with E-state index in [4.69, 9.17) is 0 Å². The van der Waals surface area contributed by atoms with Crippen LogP contribution in [0.25, 0.3) is 0 Å². The normalized spacial score (nSPS) is 14.9. The van der Waals surface area contributed by atoms with Crippen molar-refractivity contribution in [1.29, 1.82) is 0 Å². The van der Waals surface area contributed by atoms with Gasteiger partial charge in [-0.05, 0) is 34.8 Å². The summed E-state index contributed by atoms with van der Waals surface area (Å²) in [5, 5.41) is 0. The van der Waals surface area contributed by atoms with Gasteiger partial charge in [0, 0.05) is 35.4 Å². The van der Waals surface area contributed by atoms with Crippen LogP contribution in [-0.4, -0.2) is 43.6 Å². The van der Waals surface area contributed by atoms with E-state index in [1.807, 2.05) is 0 Å². The highest BCUT2D eigenvalue weighted by atomic mass is 127. The van der Waals surface area contributed by atoms with Crippen LogP contribution in [0.3, 0.4) is 0 Å². The zero-order chi connectivity index (χ0) is 22.8. The topological polar surface area (TPSA) is 57.2 Å². The highest BCUT2D eigenvalue weighted by molar-refractivity contribution is 14.1. The second kappa shape index (κ2) is 16.9. The average molecular weight is 562 g/mol. The molecule has 0 atom stereocenters. The summed E-state index contributed by atoms with van der Waals surface area (Å²) < 4.78 is 35.2. The molecule has 6 heteroatoms. The van der Waals surface area contributed by atoms with Gasteiger partial charge in [0.05, 0.1) is 24.5 Å². The SMILES string of the molecule is CCCCCCCCCCCC[N+]1(CC#CI)CCCC1.O=S(=O)([O-])c1ccccc1. The average Bonchev–Trinajstić information content (AvgIpc) is 3.23. The second-order valence-electron chi connectivity index (χ2n) is 8.60. The Kier molecular flexibility index (Phi) is 15.5. The molecule has 1 saturated heterocycles. The molecule has 1 aromatic rings. The predicted octanol–water partition coefficient (Wildman–Crippen LogP) is 6.50. The Morgan fingerprint density at radius 1 is 0.903 bits per heavy atom. The van der Waals surface area contributed by atoms with Gasteiger partial charge in [0.25, 0.3) is 0 Å². The fourth-order valence-electron chi connectivity index (χ4n) is 4.19. The van der Waals surface area contributed by atoms with Gasteiger partial charge >= 0.3 is 0 Å². The first-order valence-corrected chi connectivity index (χ1v) is 14.4. The Morgan fingerprint density at radius 3 is 1.87 bits per heavy atom. The number of quaternary nitrogens is 1. The molecule has 0 saturated carbocycles. The van der Waals surface area contributed by atoms with Crippen LogP contribution in [0.2, 0.25) is 0 Å². The van der Waals surface area contributed by atoms with E-state index < -0.39 is 10.1 Å². The maximum Gasteiger partial charge on any atom is 0.141 e. The maximum atomic E-state index is 10.3. The third-order valence-corrected chi connectivity index (χ3v) is 7.24. The minimum Gasteiger partial charge on any atom is -0.744 e. The molecule has 0 aromatic heterocycles. The summed E-state index contributed by atoms with van der Waals surface area (Å²) >= 11 is 2.18. The number of benzene rings is 1. The van der Waals surface area contributed by atoms with E-state index in [-0.39, 0.29) is 4.90 Å². The molecule has 0 spiro atoms. The van der Waals surface area contributed by atoms with E-state index in [9.17, 15) is 13.0 Å². The fourth-order valence-corrected chi connectivity index (χ4v) is 4.85. The van der Waals surface area contributed by atoms with Crippen LogP contribution < -0.4 is 0 Å². The Bertz CT molecular complexity index is 735. The molecule has 2 rings (SSSR count). The van der Waals surface area contributed by atoms with Gasteiger partial charge in [-0.25, -0.2) is 8.42 Å². The molecule has 0 amide bonds. The van der Waals surface area contributed by atoms with Crippen molar-refractivity contribution in [3.8, 4) is 9.85 Å². The number of hydrogen-bond donors (Lipinski definition) is 0. The van der Waals surface area contributed by atoms with Crippen LogP contribution in [-0.2, 0) is 10.1 Å². The van der Waals surface area contributed by atoms with Gasteiger partial charge in [0.15, 0.2) is 0 Å². The van der Waals surface area contributed by atoms with Gasteiger partial charge in [0.2, 0.25) is 0 Å². The molecular weight excluding hydrogens is 521 g/mol. The molecule has 1 aliphatic heterocycles. The molecule has 0 unspecified atom stereocenters. The number of halogens is 1. The number of hydrogen-bond acceptors (Lipinski definition) is 3. The summed E-state index contributed by atoms with van der Waals surface area (Å²) in [5.74, 6) is 3.33. The fraction of sp³-hybridized carbons (Fsp3) is 0.680. The van der Waals surface area contributed by atoms with E-state index in [2.05, 4.69) is 39.4 Å². The molecule has 0 N–H and O–H groups in total. The molecule has 0 bridgehead atoms. The number of unbranched alkanes of at least 4 members (excludes halogenated alkanes) is 9. The lowest BCUT2D eigenvalue weighted by Crippen LogP contribution is -2.46. The van der Waals surface area contributed by atoms with Crippen molar-refractivity contribution in [3.05, 3.63) is 30.3 Å². The lowest BCUT2D eigenvalue weighted by Gasteiger charge is -2.32. The van der Waals surface area contributed by atoms with Crippen molar-refractivity contribution in [1.82, 2.24) is 0 Å². The van der Waals surface area contributed by atoms with Gasteiger partial charge in [-0.3, -0.25) is 0 Å². The van der Waals surface area contributed by atoms with E-state index >= 15 is 0 Å². The summed E-state index contributed by atoms with van der Waals surface area (Å²) in [6, 6.07) is 7.19. The third-order valence-electron chi connectivity index (χ3n) is 6.01. The Hall–Kier alpha value is -0.620. The molecule has 1 fully saturated rings. The van der Waals surface area contributed by atoms with Crippen molar-refractivity contribution in [3.63, 3.8) is 0 Å². The Morgan fingerprint density at radius 2 is 1.42 bits per heavy atom. The molecule has 1 heterocycles. The quantitative estimate of drug-likeness (QED) is 0.0908. The number of nitrogens with zero attached hydrogens (tertiary/aromatic N) is 1. The van der Waals surface area contributed by atoms with E-state index in [0.29, 0.717) is 0 Å². The molecule has 31 heavy (non-hydrogen) atoms. The van der Waals surface area contributed by atoms with Crippen LogP contribution in [0, 0.1) is 9.85 Å². The van der Waals surface area contributed by atoms with Gasteiger partial charge in [0.1, 0.15) is 16.7 Å². The monoisotopic (exact) mass is 561 g/mol. The van der Waals surface area contributed by atoms with Crippen molar-refractivity contribution in [2.75, 3.05) is 26.2 Å². The summed E-state index contributed by atoms with van der Waals surface area (Å²) in [7, 11) is -4.25. The lowest BCUT2D eigenvalue weighted by molar-refractivity contribution is -0.910. The van der Waals surface area contributed by atoms with Gasteiger partial charge in [-0.2, -0.15) is 0 Å². The predicted molar refractivity (Wildman–Crippen MR) is 137 cm³/mol. The zero-order valence-electron chi connectivity index (χ0n) is 19.2. The van der Waals surface area contributed by atoms with Crippen molar-refractivity contribution in [2.24, 2.45) is 0 Å². The molecule has 0 aliphatic carbocycles. The van der Waals surface area contributed by atoms with Crippen LogP contribution in [0.4, 0.5) is 0 Å². The van der Waals surface area contributed by atoms with Crippen molar-refractivity contribution in [2.45, 2.75) is 88.9 Å². The molecule has 0 radical (unpaired) electrons. The molecule has 1 aromatic carbocycles. The zero-order valence-corrected chi connectivity index (χ0v) is 22.1. The molecule has 176 valence electrons. The van der Waals surface area contributed by atoms with Crippen LogP contribution in [0.1, 0.15) is 84.0 Å². The second-order valence-corrected chi connectivity index (χ2v) is 10.5. The third kappa shape index (κ3) is 13.5. The van der Waals surface area contributed by atoms with Crippen molar-refractivity contribution < 1.29 is 17.5 Å². The largest absolute Gasteiger partial charge is 0.744 e. The molecule has 4 nitrogen and oxygen atoms in total. The van der Waals surface area contributed by atoms with Crippen molar-refractivity contribution >= 4 is 32.7 Å². The van der Waals surface area contributed by atoms with Gasteiger partial charge in [-0.15, -0.1) is 0 Å². The Balaban J connectivity index is 0.000000399. The van der Waals surface area contributed by atoms with Gasteiger partial charge < -0.3 is 9.04 Å². The van der Waals surface area contributed by atoms with Crippen LogP contribution in [0.5, 0.6) is 0 Å². The minimum atomic E-state index is -4.25. The van der Waals surface area contributed by atoms with E-state index in [0.717, 1.165) is 6.54 Å². The first-order chi connectivity index (χ1) is 14.9. The maximum absolute atomic E-state index is 10.3. The first kappa shape index (κ1) is 28.4. The standard InChI is InChI=1S/C19H35IN.C6H6O3S/c1-2-3-4-5-6-7-8-9-10-11-16-21(19-14-15-20)17-12-13-18-21;7-10(8,9)6-4-2-1-3-5-6/h2-13,16-19H2,1H3;1-5H,(H,7,8,9)/q+1;/p-1. The summed E-state index contributed by atoms with van der Waals surface area (Å²) in [6.45, 7) is 7.52. The number of likely N-dealkylation sites (tertiary alicyclic amines) is 1. The van der Waals surface area contributed by atoms with Crippen LogP contribution >= 0.6 is 22.6 Å². The number of rotatable bonds is 13. The smallest absolute Gasteiger partial charge is 0.141 e. The summed E-state index contributed by atoms with van der Waals surface area (Å²) in [4.78, 5) is -0.185. The summed E-state index contributed by atoms with van der Waals surface area (Å²) in [6.07, 6.45) is 17.2. The molecule has 1 aliphatic rings. The molecular formula is C25H40INO3S. The summed E-state index contributed by atoms with van der Waals surface area (Å²) in [5.41, 5.74) is 0. The highest BCUT2D eigenvalue weighted by Gasteiger charge is 2.30.